The SMILES string of the molecule is O.O.O.O.[Cr+5].[Cr+5].[Cr+5].[Cr+5].[cH-]1[cH-][cH-][cH-][cH-]1.c1cc[cH-]c1.c1cc[cH-]c1.c1cc[cH-]c1. The average Bonchev–Trinajstić information content (AvgIpc) is 3.40. The van der Waals surface area contributed by atoms with Crippen LogP contribution >= 0.6 is 0 Å². The van der Waals surface area contributed by atoms with Crippen LogP contribution in [0, 0.1) is 0 Å². The molecule has 0 amide bonds. The van der Waals surface area contributed by atoms with Gasteiger partial charge >= 0.3 is 69.4 Å². The minimum atomic E-state index is 0. The first kappa shape index (κ1) is 50.7. The Kier molecular flexibility index (Phi) is 82.0. The van der Waals surface area contributed by atoms with E-state index in [1.165, 1.54) is 0 Å². The average molecular weight is 540 g/mol. The summed E-state index contributed by atoms with van der Waals surface area (Å²) in [6.45, 7) is 0. The molecular weight excluding hydrogens is 512 g/mol. The van der Waals surface area contributed by atoms with Crippen LogP contribution in [0.3, 0.4) is 0 Å². The Morgan fingerprint density at radius 1 is 0.286 bits per heavy atom. The van der Waals surface area contributed by atoms with Gasteiger partial charge in [-0.3, -0.25) is 0 Å². The predicted octanol–water partition coefficient (Wildman–Crippen LogP) is 2.31. The van der Waals surface area contributed by atoms with E-state index in [0.29, 0.717) is 0 Å². The molecule has 0 saturated carbocycles. The first-order valence-corrected chi connectivity index (χ1v) is 6.67. The molecular formula is C20H28Cr4O4+12. The van der Waals surface area contributed by atoms with Gasteiger partial charge in [-0.25, -0.2) is 36.4 Å². The number of hydrogen-bond acceptors (Lipinski definition) is 0. The Labute approximate surface area is 211 Å². The summed E-state index contributed by atoms with van der Waals surface area (Å²) in [5.41, 5.74) is 0. The zero-order valence-corrected chi connectivity index (χ0v) is 20.3. The van der Waals surface area contributed by atoms with Gasteiger partial charge in [-0.15, -0.1) is 0 Å². The molecule has 4 aromatic carbocycles. The summed E-state index contributed by atoms with van der Waals surface area (Å²) in [6.07, 6.45) is 0. The standard InChI is InChI=1S/4C5H5.4Cr.4H2O/c4*1-2-4-5-3-1;;;;;;;;/h4*1-5H;;;;;4*1H2/q-5;3*-1;4*+5;;;;. The quantitative estimate of drug-likeness (QED) is 0.304. The van der Waals surface area contributed by atoms with Gasteiger partial charge in [0, 0.05) is 0 Å². The second-order valence-electron chi connectivity index (χ2n) is 3.85. The van der Waals surface area contributed by atoms with E-state index in [9.17, 15) is 0 Å². The molecule has 0 spiro atoms. The van der Waals surface area contributed by atoms with Crippen molar-refractivity contribution >= 4 is 0 Å². The monoisotopic (exact) mass is 540 g/mol. The molecule has 0 bridgehead atoms. The molecule has 4 nitrogen and oxygen atoms in total. The van der Waals surface area contributed by atoms with Crippen LogP contribution in [0.1, 0.15) is 0 Å². The second kappa shape index (κ2) is 45.2. The molecule has 4 rings (SSSR count). The molecule has 0 heterocycles. The predicted molar refractivity (Wildman–Crippen MR) is 103 cm³/mol. The van der Waals surface area contributed by atoms with Gasteiger partial charge in [0.25, 0.3) is 0 Å². The van der Waals surface area contributed by atoms with Crippen molar-refractivity contribution in [1.29, 1.82) is 0 Å². The molecule has 4 aromatic rings. The van der Waals surface area contributed by atoms with Crippen LogP contribution in [0.4, 0.5) is 0 Å². The maximum absolute atomic E-state index is 2.00. The van der Waals surface area contributed by atoms with Crippen molar-refractivity contribution in [3.8, 4) is 0 Å². The van der Waals surface area contributed by atoms with Crippen LogP contribution in [0.5, 0.6) is 0 Å². The number of hydrogen-bond donors (Lipinski definition) is 0. The Morgan fingerprint density at radius 3 is 0.500 bits per heavy atom. The van der Waals surface area contributed by atoms with Gasteiger partial charge < -0.3 is 52.2 Å². The van der Waals surface area contributed by atoms with Gasteiger partial charge in [0.1, 0.15) is 0 Å². The summed E-state index contributed by atoms with van der Waals surface area (Å²) in [4.78, 5) is 0. The molecule has 0 saturated heterocycles. The molecule has 0 atom stereocenters. The van der Waals surface area contributed by atoms with Crippen LogP contribution in [0.25, 0.3) is 0 Å². The van der Waals surface area contributed by atoms with Gasteiger partial charge in [-0.05, 0) is 0 Å². The van der Waals surface area contributed by atoms with Crippen LogP contribution in [0.15, 0.2) is 121 Å². The summed E-state index contributed by atoms with van der Waals surface area (Å²) in [5.74, 6) is 0. The topological polar surface area (TPSA) is 126 Å². The van der Waals surface area contributed by atoms with E-state index in [0.717, 1.165) is 0 Å². The smallest absolute Gasteiger partial charge is 0.748 e. The molecule has 8 N–H and O–H groups in total. The Morgan fingerprint density at radius 2 is 0.429 bits per heavy atom. The summed E-state index contributed by atoms with van der Waals surface area (Å²) < 4.78 is 0. The fourth-order valence-corrected chi connectivity index (χ4v) is 1.28. The van der Waals surface area contributed by atoms with Crippen molar-refractivity contribution in [2.45, 2.75) is 0 Å². The molecule has 0 aliphatic rings. The Bertz CT molecular complexity index is 363. The molecule has 8 heteroatoms. The Hall–Kier alpha value is -0.630. The van der Waals surface area contributed by atoms with E-state index in [-0.39, 0.29) is 91.3 Å². The van der Waals surface area contributed by atoms with Crippen molar-refractivity contribution in [1.82, 2.24) is 0 Å². The third kappa shape index (κ3) is 40.2. The first-order valence-electron chi connectivity index (χ1n) is 6.67. The van der Waals surface area contributed by atoms with Crippen molar-refractivity contribution in [2.24, 2.45) is 0 Å². The normalized spacial score (nSPS) is 5.71. The molecule has 144 valence electrons. The van der Waals surface area contributed by atoms with Crippen molar-refractivity contribution in [3.05, 3.63) is 121 Å². The maximum atomic E-state index is 2.00. The van der Waals surface area contributed by atoms with E-state index in [2.05, 4.69) is 0 Å². The number of rotatable bonds is 0. The van der Waals surface area contributed by atoms with Gasteiger partial charge in [0.2, 0.25) is 0 Å². The van der Waals surface area contributed by atoms with Crippen molar-refractivity contribution in [3.63, 3.8) is 0 Å². The van der Waals surface area contributed by atoms with E-state index < -0.39 is 0 Å². The summed E-state index contributed by atoms with van der Waals surface area (Å²) in [6, 6.07) is 40.0. The van der Waals surface area contributed by atoms with E-state index in [1.807, 2.05) is 121 Å². The van der Waals surface area contributed by atoms with Crippen LogP contribution in [-0.4, -0.2) is 21.9 Å². The fourth-order valence-electron chi connectivity index (χ4n) is 1.28. The third-order valence-corrected chi connectivity index (χ3v) is 2.22. The molecule has 4 radical (unpaired) electrons. The van der Waals surface area contributed by atoms with Gasteiger partial charge in [0.15, 0.2) is 0 Å². The van der Waals surface area contributed by atoms with Crippen LogP contribution < -0.4 is 0 Å². The first-order chi connectivity index (χ1) is 10.0. The van der Waals surface area contributed by atoms with E-state index in [1.54, 1.807) is 0 Å². The molecule has 0 aliphatic carbocycles. The maximum Gasteiger partial charge on any atom is 5.00 e. The Balaban J connectivity index is -0.0000000290. The van der Waals surface area contributed by atoms with Crippen LogP contribution in [0.2, 0.25) is 0 Å². The van der Waals surface area contributed by atoms with E-state index in [4.69, 9.17) is 0 Å². The fraction of sp³-hybridized carbons (Fsp3) is 0. The van der Waals surface area contributed by atoms with Gasteiger partial charge in [-0.1, -0.05) is 0 Å². The molecule has 0 aliphatic heterocycles. The third-order valence-electron chi connectivity index (χ3n) is 2.22. The zero-order valence-electron chi connectivity index (χ0n) is 15.2. The van der Waals surface area contributed by atoms with Crippen LogP contribution in [-0.2, 0) is 69.4 Å². The summed E-state index contributed by atoms with van der Waals surface area (Å²) >= 11 is 0. The summed E-state index contributed by atoms with van der Waals surface area (Å²) in [7, 11) is 0. The minimum Gasteiger partial charge on any atom is -0.748 e. The molecule has 0 fully saturated rings. The second-order valence-corrected chi connectivity index (χ2v) is 3.85. The van der Waals surface area contributed by atoms with Crippen molar-refractivity contribution < 1.29 is 91.3 Å². The summed E-state index contributed by atoms with van der Waals surface area (Å²) in [5, 5.41) is 0. The molecule has 0 unspecified atom stereocenters. The van der Waals surface area contributed by atoms with Gasteiger partial charge in [0.05, 0.1) is 0 Å². The minimum absolute atomic E-state index is 0. The largest absolute Gasteiger partial charge is 5.00 e. The zero-order chi connectivity index (χ0) is 14.1. The molecule has 0 aromatic heterocycles. The van der Waals surface area contributed by atoms with Crippen molar-refractivity contribution in [2.75, 3.05) is 0 Å². The molecule has 28 heavy (non-hydrogen) atoms. The van der Waals surface area contributed by atoms with Gasteiger partial charge in [-0.2, -0.15) is 54.6 Å². The van der Waals surface area contributed by atoms with E-state index >= 15 is 0 Å².